The minimum Gasteiger partial charge on any atom is -0.361 e. The van der Waals surface area contributed by atoms with E-state index in [1.54, 1.807) is 0 Å². The molecule has 0 unspecified atom stereocenters. The van der Waals surface area contributed by atoms with Crippen LogP contribution in [-0.2, 0) is 17.6 Å². The van der Waals surface area contributed by atoms with Gasteiger partial charge in [0.05, 0.1) is 12.1 Å². The van der Waals surface area contributed by atoms with E-state index in [4.69, 9.17) is 4.52 Å². The molecule has 0 atom stereocenters. The molecule has 3 aromatic rings. The summed E-state index contributed by atoms with van der Waals surface area (Å²) in [4.78, 5) is 12.1. The van der Waals surface area contributed by atoms with Gasteiger partial charge in [-0.15, -0.1) is 0 Å². The SMILES string of the molecule is Cc1noc(C)c1CC(=O)NCCc1cccc2ccccc12. The molecule has 4 nitrogen and oxygen atoms in total. The van der Waals surface area contributed by atoms with E-state index in [2.05, 4.69) is 40.8 Å². The van der Waals surface area contributed by atoms with Gasteiger partial charge in [-0.25, -0.2) is 0 Å². The molecule has 0 fully saturated rings. The van der Waals surface area contributed by atoms with Crippen LogP contribution >= 0.6 is 0 Å². The molecular formula is C19H20N2O2. The molecular weight excluding hydrogens is 288 g/mol. The lowest BCUT2D eigenvalue weighted by molar-refractivity contribution is -0.120. The topological polar surface area (TPSA) is 55.1 Å². The lowest BCUT2D eigenvalue weighted by Crippen LogP contribution is -2.27. The molecule has 2 aromatic carbocycles. The van der Waals surface area contributed by atoms with Crippen LogP contribution < -0.4 is 5.32 Å². The van der Waals surface area contributed by atoms with E-state index in [1.165, 1.54) is 16.3 Å². The highest BCUT2D eigenvalue weighted by Gasteiger charge is 2.13. The number of hydrogen-bond donors (Lipinski definition) is 1. The number of carbonyl (C=O) groups excluding carboxylic acids is 1. The van der Waals surface area contributed by atoms with Gasteiger partial charge in [0, 0.05) is 12.1 Å². The van der Waals surface area contributed by atoms with E-state index in [9.17, 15) is 4.79 Å². The van der Waals surface area contributed by atoms with Gasteiger partial charge >= 0.3 is 0 Å². The van der Waals surface area contributed by atoms with E-state index in [0.717, 1.165) is 17.7 Å². The predicted molar refractivity (Wildman–Crippen MR) is 90.3 cm³/mol. The first-order valence-electron chi connectivity index (χ1n) is 7.80. The molecule has 1 amide bonds. The first-order valence-corrected chi connectivity index (χ1v) is 7.80. The third kappa shape index (κ3) is 3.42. The van der Waals surface area contributed by atoms with Crippen molar-refractivity contribution < 1.29 is 9.32 Å². The molecule has 0 bridgehead atoms. The van der Waals surface area contributed by atoms with Crippen molar-refractivity contribution in [1.29, 1.82) is 0 Å². The van der Waals surface area contributed by atoms with Crippen molar-refractivity contribution in [2.75, 3.05) is 6.54 Å². The Kier molecular flexibility index (Phi) is 4.42. The van der Waals surface area contributed by atoms with Crippen molar-refractivity contribution in [3.05, 3.63) is 65.0 Å². The summed E-state index contributed by atoms with van der Waals surface area (Å²) < 4.78 is 5.09. The monoisotopic (exact) mass is 308 g/mol. The van der Waals surface area contributed by atoms with Gasteiger partial charge < -0.3 is 9.84 Å². The lowest BCUT2D eigenvalue weighted by Gasteiger charge is -2.08. The number of amides is 1. The van der Waals surface area contributed by atoms with Gasteiger partial charge in [0.2, 0.25) is 5.91 Å². The minimum absolute atomic E-state index is 0.000336. The highest BCUT2D eigenvalue weighted by Crippen LogP contribution is 2.18. The van der Waals surface area contributed by atoms with Crippen molar-refractivity contribution in [3.8, 4) is 0 Å². The number of rotatable bonds is 5. The highest BCUT2D eigenvalue weighted by atomic mass is 16.5. The van der Waals surface area contributed by atoms with Crippen molar-refractivity contribution in [2.24, 2.45) is 0 Å². The maximum absolute atomic E-state index is 12.1. The molecule has 0 spiro atoms. The predicted octanol–water partition coefficient (Wildman–Crippen LogP) is 3.35. The summed E-state index contributed by atoms with van der Waals surface area (Å²) in [6.45, 7) is 4.31. The molecule has 1 N–H and O–H groups in total. The highest BCUT2D eigenvalue weighted by molar-refractivity contribution is 5.85. The third-order valence-corrected chi connectivity index (χ3v) is 4.11. The Morgan fingerprint density at radius 3 is 2.70 bits per heavy atom. The molecule has 4 heteroatoms. The largest absolute Gasteiger partial charge is 0.361 e. The van der Waals surface area contributed by atoms with Gasteiger partial charge in [-0.1, -0.05) is 47.6 Å². The van der Waals surface area contributed by atoms with E-state index in [0.29, 0.717) is 18.7 Å². The summed E-state index contributed by atoms with van der Waals surface area (Å²) in [5.74, 6) is 0.714. The summed E-state index contributed by atoms with van der Waals surface area (Å²) in [5.41, 5.74) is 2.92. The number of nitrogens with zero attached hydrogens (tertiary/aromatic N) is 1. The van der Waals surface area contributed by atoms with Crippen LogP contribution in [0, 0.1) is 13.8 Å². The summed E-state index contributed by atoms with van der Waals surface area (Å²) in [6, 6.07) is 14.6. The van der Waals surface area contributed by atoms with Crippen molar-refractivity contribution in [2.45, 2.75) is 26.7 Å². The summed E-state index contributed by atoms with van der Waals surface area (Å²) >= 11 is 0. The number of hydrogen-bond acceptors (Lipinski definition) is 3. The van der Waals surface area contributed by atoms with Crippen LogP contribution in [0.1, 0.15) is 22.6 Å². The molecule has 1 heterocycles. The molecule has 118 valence electrons. The Morgan fingerprint density at radius 1 is 1.13 bits per heavy atom. The van der Waals surface area contributed by atoms with Crippen molar-refractivity contribution in [1.82, 2.24) is 10.5 Å². The van der Waals surface area contributed by atoms with Crippen LogP contribution in [-0.4, -0.2) is 17.6 Å². The molecule has 0 aliphatic rings. The van der Waals surface area contributed by atoms with Gasteiger partial charge in [-0.3, -0.25) is 4.79 Å². The number of carbonyl (C=O) groups is 1. The molecule has 0 radical (unpaired) electrons. The van der Waals surface area contributed by atoms with Gasteiger partial charge in [0.15, 0.2) is 0 Å². The van der Waals surface area contributed by atoms with Crippen LogP contribution in [0.3, 0.4) is 0 Å². The lowest BCUT2D eigenvalue weighted by atomic mass is 10.0. The van der Waals surface area contributed by atoms with Crippen LogP contribution in [0.5, 0.6) is 0 Å². The standard InChI is InChI=1S/C19H20N2O2/c1-13-18(14(2)23-21-13)12-19(22)20-11-10-16-8-5-7-15-6-3-4-9-17(15)16/h3-9H,10-12H2,1-2H3,(H,20,22). The van der Waals surface area contributed by atoms with Crippen LogP contribution in [0.15, 0.2) is 47.0 Å². The second kappa shape index (κ2) is 6.65. The van der Waals surface area contributed by atoms with Crippen LogP contribution in [0.4, 0.5) is 0 Å². The Labute approximate surface area is 135 Å². The smallest absolute Gasteiger partial charge is 0.224 e. The molecule has 0 saturated heterocycles. The number of aryl methyl sites for hydroxylation is 2. The minimum atomic E-state index is -0.000336. The Morgan fingerprint density at radius 2 is 1.91 bits per heavy atom. The fourth-order valence-electron chi connectivity index (χ4n) is 2.82. The number of aromatic nitrogens is 1. The molecule has 0 aliphatic carbocycles. The van der Waals surface area contributed by atoms with Gasteiger partial charge in [0.25, 0.3) is 0 Å². The summed E-state index contributed by atoms with van der Waals surface area (Å²) in [5, 5.41) is 9.33. The number of nitrogens with one attached hydrogen (secondary N) is 1. The second-order valence-corrected chi connectivity index (χ2v) is 5.72. The maximum Gasteiger partial charge on any atom is 0.224 e. The van der Waals surface area contributed by atoms with Gasteiger partial charge in [-0.2, -0.15) is 0 Å². The van der Waals surface area contributed by atoms with Gasteiger partial charge in [0.1, 0.15) is 5.76 Å². The summed E-state index contributed by atoms with van der Waals surface area (Å²) in [7, 11) is 0. The maximum atomic E-state index is 12.1. The fraction of sp³-hybridized carbons (Fsp3) is 0.263. The fourth-order valence-corrected chi connectivity index (χ4v) is 2.82. The van der Waals surface area contributed by atoms with E-state index >= 15 is 0 Å². The number of benzene rings is 2. The Bertz CT molecular complexity index is 812. The molecule has 0 saturated carbocycles. The first-order chi connectivity index (χ1) is 11.1. The number of fused-ring (bicyclic) bond motifs is 1. The van der Waals surface area contributed by atoms with Crippen molar-refractivity contribution in [3.63, 3.8) is 0 Å². The van der Waals surface area contributed by atoms with Crippen LogP contribution in [0.2, 0.25) is 0 Å². The third-order valence-electron chi connectivity index (χ3n) is 4.11. The zero-order valence-corrected chi connectivity index (χ0v) is 13.4. The van der Waals surface area contributed by atoms with Crippen molar-refractivity contribution >= 4 is 16.7 Å². The second-order valence-electron chi connectivity index (χ2n) is 5.72. The quantitative estimate of drug-likeness (QED) is 0.786. The molecule has 1 aromatic heterocycles. The zero-order chi connectivity index (χ0) is 16.2. The average molecular weight is 308 g/mol. The molecule has 0 aliphatic heterocycles. The summed E-state index contributed by atoms with van der Waals surface area (Å²) in [6.07, 6.45) is 1.13. The normalized spacial score (nSPS) is 10.9. The Hall–Kier alpha value is -2.62. The van der Waals surface area contributed by atoms with E-state index in [1.807, 2.05) is 26.0 Å². The molecule has 23 heavy (non-hydrogen) atoms. The van der Waals surface area contributed by atoms with Gasteiger partial charge in [-0.05, 0) is 36.6 Å². The van der Waals surface area contributed by atoms with E-state index in [-0.39, 0.29) is 5.91 Å². The first kappa shape index (κ1) is 15.3. The zero-order valence-electron chi connectivity index (χ0n) is 13.4. The van der Waals surface area contributed by atoms with E-state index < -0.39 is 0 Å². The average Bonchev–Trinajstić information content (AvgIpc) is 2.87. The Balaban J connectivity index is 1.60. The molecule has 3 rings (SSSR count). The van der Waals surface area contributed by atoms with Crippen LogP contribution in [0.25, 0.3) is 10.8 Å².